The molecule has 0 amide bonds. The van der Waals surface area contributed by atoms with Gasteiger partial charge in [-0.25, -0.2) is 4.39 Å². The number of aliphatic hydroxyl groups excluding tert-OH is 1. The van der Waals surface area contributed by atoms with Crippen LogP contribution in [-0.2, 0) is 0 Å². The number of hydrogen-bond acceptors (Lipinski definition) is 3. The highest BCUT2D eigenvalue weighted by atomic mass is 19.1. The molecule has 0 aliphatic heterocycles. The summed E-state index contributed by atoms with van der Waals surface area (Å²) in [6.07, 6.45) is 3.80. The molecule has 1 aliphatic rings. The minimum Gasteiger partial charge on any atom is -0.490 e. The standard InChI is InChI=1S/C14H20FNO2/c1-16-14(10-17)8-2-3-13(9-14)18-12-6-4-11(15)5-7-12/h4-7,13,16-17H,2-3,8-10H2,1H3. The second kappa shape index (κ2) is 5.67. The number of ether oxygens (including phenoxy) is 1. The van der Waals surface area contributed by atoms with E-state index in [9.17, 15) is 9.50 Å². The van der Waals surface area contributed by atoms with Gasteiger partial charge in [0.15, 0.2) is 0 Å². The Kier molecular flexibility index (Phi) is 4.19. The Bertz CT molecular complexity index is 376. The quantitative estimate of drug-likeness (QED) is 0.863. The molecule has 1 aliphatic carbocycles. The summed E-state index contributed by atoms with van der Waals surface area (Å²) in [6, 6.07) is 6.08. The van der Waals surface area contributed by atoms with Crippen molar-refractivity contribution in [3.8, 4) is 5.75 Å². The molecular weight excluding hydrogens is 233 g/mol. The van der Waals surface area contributed by atoms with Gasteiger partial charge in [0, 0.05) is 12.0 Å². The first kappa shape index (κ1) is 13.3. The summed E-state index contributed by atoms with van der Waals surface area (Å²) in [5.41, 5.74) is -0.233. The van der Waals surface area contributed by atoms with E-state index in [1.165, 1.54) is 12.1 Å². The van der Waals surface area contributed by atoms with Gasteiger partial charge >= 0.3 is 0 Å². The highest BCUT2D eigenvalue weighted by molar-refractivity contribution is 5.22. The van der Waals surface area contributed by atoms with Crippen LogP contribution in [0.4, 0.5) is 4.39 Å². The second-order valence-electron chi connectivity index (χ2n) is 4.98. The average molecular weight is 253 g/mol. The third-order valence-corrected chi connectivity index (χ3v) is 3.75. The first-order valence-corrected chi connectivity index (χ1v) is 6.39. The largest absolute Gasteiger partial charge is 0.490 e. The van der Waals surface area contributed by atoms with E-state index in [4.69, 9.17) is 4.74 Å². The molecular formula is C14H20FNO2. The molecule has 1 fully saturated rings. The van der Waals surface area contributed by atoms with Crippen LogP contribution in [0, 0.1) is 5.82 Å². The van der Waals surface area contributed by atoms with Crippen molar-refractivity contribution in [3.63, 3.8) is 0 Å². The molecule has 2 N–H and O–H groups in total. The van der Waals surface area contributed by atoms with Gasteiger partial charge in [0.25, 0.3) is 0 Å². The van der Waals surface area contributed by atoms with Gasteiger partial charge in [-0.05, 0) is 50.6 Å². The maximum absolute atomic E-state index is 12.8. The Morgan fingerprint density at radius 3 is 2.78 bits per heavy atom. The maximum atomic E-state index is 12.8. The van der Waals surface area contributed by atoms with E-state index in [0.29, 0.717) is 5.75 Å². The Morgan fingerprint density at radius 1 is 1.44 bits per heavy atom. The van der Waals surface area contributed by atoms with Crippen molar-refractivity contribution in [1.82, 2.24) is 5.32 Å². The summed E-state index contributed by atoms with van der Waals surface area (Å²) in [5, 5.41) is 12.7. The smallest absolute Gasteiger partial charge is 0.123 e. The van der Waals surface area contributed by atoms with Gasteiger partial charge in [0.05, 0.1) is 6.61 Å². The van der Waals surface area contributed by atoms with E-state index in [0.717, 1.165) is 25.7 Å². The number of likely N-dealkylation sites (N-methyl/N-ethyl adjacent to an activating group) is 1. The summed E-state index contributed by atoms with van der Waals surface area (Å²) in [5.74, 6) is 0.428. The van der Waals surface area contributed by atoms with Crippen LogP contribution in [0.25, 0.3) is 0 Å². The number of halogens is 1. The predicted octanol–water partition coefficient (Wildman–Crippen LogP) is 2.10. The number of benzene rings is 1. The van der Waals surface area contributed by atoms with Crippen molar-refractivity contribution in [1.29, 1.82) is 0 Å². The van der Waals surface area contributed by atoms with Crippen LogP contribution >= 0.6 is 0 Å². The molecule has 1 saturated carbocycles. The van der Waals surface area contributed by atoms with Crippen molar-refractivity contribution < 1.29 is 14.2 Å². The molecule has 18 heavy (non-hydrogen) atoms. The zero-order valence-corrected chi connectivity index (χ0v) is 10.7. The lowest BCUT2D eigenvalue weighted by atomic mass is 9.81. The summed E-state index contributed by atoms with van der Waals surface area (Å²) >= 11 is 0. The lowest BCUT2D eigenvalue weighted by Crippen LogP contribution is -2.52. The maximum Gasteiger partial charge on any atom is 0.123 e. The highest BCUT2D eigenvalue weighted by Crippen LogP contribution is 2.30. The van der Waals surface area contributed by atoms with Gasteiger partial charge in [0.1, 0.15) is 17.7 Å². The van der Waals surface area contributed by atoms with E-state index in [1.807, 2.05) is 7.05 Å². The summed E-state index contributed by atoms with van der Waals surface area (Å²) < 4.78 is 18.7. The first-order valence-electron chi connectivity index (χ1n) is 6.39. The van der Waals surface area contributed by atoms with Crippen molar-refractivity contribution in [2.75, 3.05) is 13.7 Å². The fourth-order valence-corrected chi connectivity index (χ4v) is 2.56. The SMILES string of the molecule is CNC1(CO)CCCC(Oc2ccc(F)cc2)C1. The van der Waals surface area contributed by atoms with Crippen molar-refractivity contribution in [2.45, 2.75) is 37.3 Å². The molecule has 1 aromatic carbocycles. The molecule has 0 heterocycles. The summed E-state index contributed by atoms with van der Waals surface area (Å²) in [7, 11) is 1.87. The number of rotatable bonds is 4. The van der Waals surface area contributed by atoms with Crippen LogP contribution in [0.5, 0.6) is 5.75 Å². The minimum atomic E-state index is -0.258. The van der Waals surface area contributed by atoms with Crippen molar-refractivity contribution in [2.24, 2.45) is 0 Å². The fourth-order valence-electron chi connectivity index (χ4n) is 2.56. The normalized spacial score (nSPS) is 28.1. The van der Waals surface area contributed by atoms with Crippen LogP contribution in [0.2, 0.25) is 0 Å². The molecule has 0 saturated heterocycles. The van der Waals surface area contributed by atoms with Gasteiger partial charge in [-0.1, -0.05) is 0 Å². The Morgan fingerprint density at radius 2 is 2.17 bits per heavy atom. The predicted molar refractivity (Wildman–Crippen MR) is 68.2 cm³/mol. The lowest BCUT2D eigenvalue weighted by molar-refractivity contribution is 0.0554. The lowest BCUT2D eigenvalue weighted by Gasteiger charge is -2.39. The molecule has 2 unspecified atom stereocenters. The Labute approximate surface area is 107 Å². The molecule has 2 atom stereocenters. The highest BCUT2D eigenvalue weighted by Gasteiger charge is 2.35. The van der Waals surface area contributed by atoms with Gasteiger partial charge in [-0.15, -0.1) is 0 Å². The van der Waals surface area contributed by atoms with Gasteiger partial charge < -0.3 is 15.2 Å². The molecule has 1 aromatic rings. The van der Waals surface area contributed by atoms with Gasteiger partial charge in [-0.2, -0.15) is 0 Å². The average Bonchev–Trinajstić information content (AvgIpc) is 2.41. The minimum absolute atomic E-state index is 0.0730. The zero-order chi connectivity index (χ0) is 13.0. The van der Waals surface area contributed by atoms with E-state index < -0.39 is 0 Å². The second-order valence-corrected chi connectivity index (χ2v) is 4.98. The van der Waals surface area contributed by atoms with E-state index in [2.05, 4.69) is 5.32 Å². The zero-order valence-electron chi connectivity index (χ0n) is 10.7. The Balaban J connectivity index is 1.99. The van der Waals surface area contributed by atoms with Crippen molar-refractivity contribution in [3.05, 3.63) is 30.1 Å². The molecule has 2 rings (SSSR count). The number of hydrogen-bond donors (Lipinski definition) is 2. The molecule has 0 radical (unpaired) electrons. The van der Waals surface area contributed by atoms with Gasteiger partial charge in [-0.3, -0.25) is 0 Å². The monoisotopic (exact) mass is 253 g/mol. The topological polar surface area (TPSA) is 41.5 Å². The molecule has 0 spiro atoms. The fraction of sp³-hybridized carbons (Fsp3) is 0.571. The van der Waals surface area contributed by atoms with Crippen LogP contribution in [-0.4, -0.2) is 30.4 Å². The molecule has 100 valence electrons. The number of aliphatic hydroxyl groups is 1. The summed E-state index contributed by atoms with van der Waals surface area (Å²) in [4.78, 5) is 0. The Hall–Kier alpha value is -1.13. The van der Waals surface area contributed by atoms with Crippen LogP contribution in [0.15, 0.2) is 24.3 Å². The van der Waals surface area contributed by atoms with Crippen LogP contribution in [0.1, 0.15) is 25.7 Å². The molecule has 3 nitrogen and oxygen atoms in total. The first-order chi connectivity index (χ1) is 8.67. The molecule has 0 aromatic heterocycles. The third-order valence-electron chi connectivity index (χ3n) is 3.75. The molecule has 4 heteroatoms. The van der Waals surface area contributed by atoms with E-state index in [-0.39, 0.29) is 24.1 Å². The summed E-state index contributed by atoms with van der Waals surface area (Å²) in [6.45, 7) is 0.118. The number of nitrogens with one attached hydrogen (secondary N) is 1. The molecule has 0 bridgehead atoms. The third kappa shape index (κ3) is 3.00. The van der Waals surface area contributed by atoms with Crippen LogP contribution in [0.3, 0.4) is 0 Å². The van der Waals surface area contributed by atoms with Crippen molar-refractivity contribution >= 4 is 0 Å². The van der Waals surface area contributed by atoms with Crippen LogP contribution < -0.4 is 10.1 Å². The van der Waals surface area contributed by atoms with Gasteiger partial charge in [0.2, 0.25) is 0 Å². The van der Waals surface area contributed by atoms with E-state index in [1.54, 1.807) is 12.1 Å². The van der Waals surface area contributed by atoms with E-state index >= 15 is 0 Å².